The molecule has 1 saturated carbocycles. The van der Waals surface area contributed by atoms with Crippen molar-refractivity contribution in [2.24, 2.45) is 11.8 Å². The van der Waals surface area contributed by atoms with Crippen LogP contribution in [0.4, 0.5) is 0 Å². The summed E-state index contributed by atoms with van der Waals surface area (Å²) in [6.07, 6.45) is 5.18. The Bertz CT molecular complexity index is 730. The van der Waals surface area contributed by atoms with Gasteiger partial charge in [-0.25, -0.2) is 4.98 Å². The largest absolute Gasteiger partial charge is 0.394 e. The Labute approximate surface area is 133 Å². The van der Waals surface area contributed by atoms with E-state index >= 15 is 0 Å². The molecular formula is C16H19N5O2. The molecular weight excluding hydrogens is 294 g/mol. The number of nitrogens with zero attached hydrogens (tertiary/aromatic N) is 5. The van der Waals surface area contributed by atoms with Crippen LogP contribution in [0.15, 0.2) is 24.5 Å². The molecule has 1 N–H and O–H groups in total. The van der Waals surface area contributed by atoms with Crippen molar-refractivity contribution in [3.05, 3.63) is 35.9 Å². The molecule has 1 amide bonds. The summed E-state index contributed by atoms with van der Waals surface area (Å²) in [5.41, 5.74) is 1.69. The minimum atomic E-state index is -0.148. The molecule has 2 fully saturated rings. The Balaban J connectivity index is 1.71. The van der Waals surface area contributed by atoms with E-state index < -0.39 is 0 Å². The van der Waals surface area contributed by atoms with Crippen molar-refractivity contribution < 1.29 is 9.90 Å². The van der Waals surface area contributed by atoms with E-state index in [2.05, 4.69) is 15.2 Å². The predicted octanol–water partition coefficient (Wildman–Crippen LogP) is 0.814. The fraction of sp³-hybridized carbons (Fsp3) is 0.500. The molecule has 2 aromatic rings. The molecule has 1 aliphatic carbocycles. The minimum absolute atomic E-state index is 0.00384. The zero-order valence-electron chi connectivity index (χ0n) is 13.0. The molecule has 23 heavy (non-hydrogen) atoms. The van der Waals surface area contributed by atoms with Crippen LogP contribution in [0.25, 0.3) is 5.69 Å². The van der Waals surface area contributed by atoms with Crippen LogP contribution in [-0.2, 0) is 0 Å². The lowest BCUT2D eigenvalue weighted by molar-refractivity contribution is 0.0480. The van der Waals surface area contributed by atoms with Gasteiger partial charge in [0.1, 0.15) is 5.69 Å². The van der Waals surface area contributed by atoms with Crippen molar-refractivity contribution in [2.45, 2.75) is 25.8 Å². The summed E-state index contributed by atoms with van der Waals surface area (Å²) in [5.74, 6) is 1.11. The molecule has 2 aliphatic rings. The van der Waals surface area contributed by atoms with E-state index in [1.165, 1.54) is 4.80 Å². The van der Waals surface area contributed by atoms with Gasteiger partial charge in [-0.15, -0.1) is 4.80 Å². The monoisotopic (exact) mass is 313 g/mol. The van der Waals surface area contributed by atoms with Crippen LogP contribution in [-0.4, -0.2) is 55.1 Å². The highest BCUT2D eigenvalue weighted by Crippen LogP contribution is 2.47. The zero-order chi connectivity index (χ0) is 16.0. The molecule has 0 aromatic carbocycles. The molecule has 1 saturated heterocycles. The number of carbonyl (C=O) groups excluding carboxylic acids is 1. The Kier molecular flexibility index (Phi) is 3.37. The summed E-state index contributed by atoms with van der Waals surface area (Å²) < 4.78 is 0. The maximum atomic E-state index is 13.1. The normalized spacial score (nSPS) is 26.0. The number of aliphatic hydroxyl groups excluding tert-OH is 1. The number of hydrogen-bond donors (Lipinski definition) is 1. The molecule has 0 bridgehead atoms. The van der Waals surface area contributed by atoms with E-state index in [4.69, 9.17) is 0 Å². The first-order valence-electron chi connectivity index (χ1n) is 7.93. The van der Waals surface area contributed by atoms with Crippen molar-refractivity contribution in [1.82, 2.24) is 24.9 Å². The highest BCUT2D eigenvalue weighted by molar-refractivity contribution is 5.96. The second kappa shape index (κ2) is 5.42. The molecule has 3 unspecified atom stereocenters. The summed E-state index contributed by atoms with van der Waals surface area (Å²) in [5, 5.41) is 17.9. The lowest BCUT2D eigenvalue weighted by Gasteiger charge is -2.34. The quantitative estimate of drug-likeness (QED) is 0.906. The maximum absolute atomic E-state index is 13.1. The zero-order valence-corrected chi connectivity index (χ0v) is 13.0. The number of pyridine rings is 1. The number of aromatic nitrogens is 4. The molecule has 120 valence electrons. The number of amides is 1. The highest BCUT2D eigenvalue weighted by Gasteiger charge is 2.47. The summed E-state index contributed by atoms with van der Waals surface area (Å²) in [7, 11) is 0. The molecule has 1 aliphatic heterocycles. The molecule has 3 heterocycles. The Morgan fingerprint density at radius 3 is 2.78 bits per heavy atom. The summed E-state index contributed by atoms with van der Waals surface area (Å²) >= 11 is 0. The van der Waals surface area contributed by atoms with Crippen molar-refractivity contribution in [3.63, 3.8) is 0 Å². The van der Waals surface area contributed by atoms with Crippen LogP contribution in [0.1, 0.15) is 29.0 Å². The Morgan fingerprint density at radius 2 is 2.04 bits per heavy atom. The maximum Gasteiger partial charge on any atom is 0.275 e. The molecule has 2 aromatic heterocycles. The van der Waals surface area contributed by atoms with Crippen molar-refractivity contribution in [2.75, 3.05) is 13.2 Å². The third-order valence-corrected chi connectivity index (χ3v) is 4.84. The molecule has 7 heteroatoms. The first-order chi connectivity index (χ1) is 11.2. The van der Waals surface area contributed by atoms with Crippen LogP contribution in [0.5, 0.6) is 0 Å². The van der Waals surface area contributed by atoms with Gasteiger partial charge in [0.15, 0.2) is 5.69 Å². The topological polar surface area (TPSA) is 84.1 Å². The minimum Gasteiger partial charge on any atom is -0.394 e. The molecule has 3 atom stereocenters. The van der Waals surface area contributed by atoms with E-state index in [0.717, 1.165) is 18.5 Å². The van der Waals surface area contributed by atoms with Crippen molar-refractivity contribution >= 4 is 5.91 Å². The summed E-state index contributed by atoms with van der Waals surface area (Å²) in [6, 6.07) is 3.53. The molecule has 7 nitrogen and oxygen atoms in total. The van der Waals surface area contributed by atoms with Crippen LogP contribution >= 0.6 is 0 Å². The lowest BCUT2D eigenvalue weighted by Crippen LogP contribution is -2.47. The van der Waals surface area contributed by atoms with Crippen LogP contribution in [0.3, 0.4) is 0 Å². The van der Waals surface area contributed by atoms with Gasteiger partial charge in [-0.2, -0.15) is 10.2 Å². The third kappa shape index (κ3) is 2.50. The average molecular weight is 313 g/mol. The van der Waals surface area contributed by atoms with Gasteiger partial charge in [0.2, 0.25) is 0 Å². The highest BCUT2D eigenvalue weighted by atomic mass is 16.3. The Morgan fingerprint density at radius 1 is 1.26 bits per heavy atom. The predicted molar refractivity (Wildman–Crippen MR) is 82.0 cm³/mol. The second-order valence-electron chi connectivity index (χ2n) is 6.42. The number of aryl methyl sites for hydroxylation is 1. The van der Waals surface area contributed by atoms with E-state index in [9.17, 15) is 9.90 Å². The number of carbonyl (C=O) groups is 1. The van der Waals surface area contributed by atoms with Gasteiger partial charge >= 0.3 is 0 Å². The van der Waals surface area contributed by atoms with E-state index in [0.29, 0.717) is 29.8 Å². The van der Waals surface area contributed by atoms with Crippen LogP contribution in [0, 0.1) is 18.8 Å². The van der Waals surface area contributed by atoms with Crippen molar-refractivity contribution in [1.29, 1.82) is 0 Å². The number of likely N-dealkylation sites (tertiary alicyclic amines) is 1. The van der Waals surface area contributed by atoms with E-state index in [1.54, 1.807) is 17.3 Å². The van der Waals surface area contributed by atoms with Gasteiger partial charge in [0.25, 0.3) is 5.91 Å². The summed E-state index contributed by atoms with van der Waals surface area (Å²) in [6.45, 7) is 2.56. The number of fused-ring (bicyclic) bond motifs is 1. The number of hydrogen-bond acceptors (Lipinski definition) is 5. The van der Waals surface area contributed by atoms with Crippen LogP contribution < -0.4 is 0 Å². The average Bonchev–Trinajstić information content (AvgIpc) is 3.12. The van der Waals surface area contributed by atoms with E-state index in [1.807, 2.05) is 19.1 Å². The molecule has 4 rings (SSSR count). The number of aliphatic hydroxyl groups is 1. The fourth-order valence-electron chi connectivity index (χ4n) is 3.47. The van der Waals surface area contributed by atoms with Gasteiger partial charge in [0.05, 0.1) is 25.0 Å². The van der Waals surface area contributed by atoms with Gasteiger partial charge in [0, 0.05) is 12.2 Å². The van der Waals surface area contributed by atoms with Gasteiger partial charge in [-0.3, -0.25) is 4.79 Å². The first-order valence-corrected chi connectivity index (χ1v) is 7.93. The summed E-state index contributed by atoms with van der Waals surface area (Å²) in [4.78, 5) is 20.7. The Hall–Kier alpha value is -2.28. The SMILES string of the molecule is Cc1ccc(-n2nccn2)c(C(=O)N2CC3CC3CC2CO)n1. The van der Waals surface area contributed by atoms with Gasteiger partial charge in [-0.1, -0.05) is 0 Å². The van der Waals surface area contributed by atoms with E-state index in [-0.39, 0.29) is 18.6 Å². The van der Waals surface area contributed by atoms with Crippen LogP contribution in [0.2, 0.25) is 0 Å². The fourth-order valence-corrected chi connectivity index (χ4v) is 3.47. The van der Waals surface area contributed by atoms with Gasteiger partial charge < -0.3 is 10.0 Å². The lowest BCUT2D eigenvalue weighted by atomic mass is 10.0. The smallest absolute Gasteiger partial charge is 0.275 e. The third-order valence-electron chi connectivity index (χ3n) is 4.84. The van der Waals surface area contributed by atoms with Crippen molar-refractivity contribution in [3.8, 4) is 5.69 Å². The molecule has 0 radical (unpaired) electrons. The number of rotatable bonds is 3. The first kappa shape index (κ1) is 14.3. The second-order valence-corrected chi connectivity index (χ2v) is 6.42. The van der Waals surface area contributed by atoms with Gasteiger partial charge in [-0.05, 0) is 43.7 Å². The molecule has 0 spiro atoms. The number of piperidine rings is 1. The standard InChI is InChI=1S/C16H19N5O2/c1-10-2-3-14(21-17-4-5-18-21)15(19-10)16(23)20-8-12-6-11(12)7-13(20)9-22/h2-5,11-13,22H,6-9H2,1H3.